The molecule has 2 rings (SSSR count). The van der Waals surface area contributed by atoms with Gasteiger partial charge >= 0.3 is 5.97 Å². The lowest BCUT2D eigenvalue weighted by Crippen LogP contribution is -2.11. The minimum atomic E-state index is -0.293. The molecule has 5 nitrogen and oxygen atoms in total. The monoisotopic (exact) mass is 279 g/mol. The van der Waals surface area contributed by atoms with Gasteiger partial charge in [-0.25, -0.2) is 14.8 Å². The lowest BCUT2D eigenvalue weighted by atomic mass is 10.2. The van der Waals surface area contributed by atoms with E-state index in [1.54, 1.807) is 6.92 Å². The molecule has 0 bridgehead atoms. The maximum absolute atomic E-state index is 11.9. The Bertz CT molecular complexity index is 607. The van der Waals surface area contributed by atoms with Crippen LogP contribution >= 0.6 is 11.3 Å². The first-order valence-corrected chi connectivity index (χ1v) is 7.04. The maximum atomic E-state index is 11.9. The second-order valence-electron chi connectivity index (χ2n) is 4.48. The minimum absolute atomic E-state index is 0.267. The molecule has 0 fully saturated rings. The smallest absolute Gasteiger partial charge is 0.348 e. The number of hydrogen-bond donors (Lipinski definition) is 1. The molecule has 0 aliphatic carbocycles. The Morgan fingerprint density at radius 1 is 1.47 bits per heavy atom. The van der Waals surface area contributed by atoms with Gasteiger partial charge in [-0.3, -0.25) is 0 Å². The molecule has 0 spiro atoms. The van der Waals surface area contributed by atoms with E-state index in [0.717, 1.165) is 21.6 Å². The van der Waals surface area contributed by atoms with E-state index >= 15 is 0 Å². The first kappa shape index (κ1) is 13.7. The van der Waals surface area contributed by atoms with E-state index in [4.69, 9.17) is 4.74 Å². The van der Waals surface area contributed by atoms with Gasteiger partial charge in [-0.2, -0.15) is 0 Å². The zero-order valence-electron chi connectivity index (χ0n) is 11.5. The Morgan fingerprint density at radius 3 is 2.84 bits per heavy atom. The fourth-order valence-corrected chi connectivity index (χ4v) is 2.89. The molecule has 0 radical (unpaired) electrons. The molecule has 0 unspecified atom stereocenters. The second-order valence-corrected chi connectivity index (χ2v) is 5.48. The fourth-order valence-electron chi connectivity index (χ4n) is 1.85. The van der Waals surface area contributed by atoms with E-state index in [9.17, 15) is 4.79 Å². The Balaban J connectivity index is 2.54. The standard InChI is InChI=1S/C13H17N3O2S/c1-5-18-13(17)10-8(4)9-11(16-7(2)3)14-6-15-12(9)19-10/h6-7H,5H2,1-4H3,(H,14,15,16). The number of ether oxygens (including phenoxy) is 1. The van der Waals surface area contributed by atoms with Crippen molar-refractivity contribution in [3.8, 4) is 0 Å². The Hall–Kier alpha value is -1.69. The number of aromatic nitrogens is 2. The molecular formula is C13H17N3O2S. The topological polar surface area (TPSA) is 64.1 Å². The largest absolute Gasteiger partial charge is 0.462 e. The van der Waals surface area contributed by atoms with Crippen molar-refractivity contribution in [2.45, 2.75) is 33.7 Å². The zero-order valence-corrected chi connectivity index (χ0v) is 12.3. The van der Waals surface area contributed by atoms with Crippen molar-refractivity contribution < 1.29 is 9.53 Å². The first-order valence-electron chi connectivity index (χ1n) is 6.22. The number of carbonyl (C=O) groups is 1. The van der Waals surface area contributed by atoms with Gasteiger partial charge < -0.3 is 10.1 Å². The number of thiophene rings is 1. The predicted molar refractivity (Wildman–Crippen MR) is 76.9 cm³/mol. The molecule has 0 atom stereocenters. The molecular weight excluding hydrogens is 262 g/mol. The van der Waals surface area contributed by atoms with Crippen LogP contribution in [0.1, 0.15) is 36.0 Å². The predicted octanol–water partition coefficient (Wildman–Crippen LogP) is 3.00. The Morgan fingerprint density at radius 2 is 2.21 bits per heavy atom. The maximum Gasteiger partial charge on any atom is 0.348 e. The molecule has 2 aromatic heterocycles. The van der Waals surface area contributed by atoms with Gasteiger partial charge in [0.15, 0.2) is 0 Å². The molecule has 0 aliphatic rings. The van der Waals surface area contributed by atoms with E-state index < -0.39 is 0 Å². The van der Waals surface area contributed by atoms with Crippen LogP contribution in [0.5, 0.6) is 0 Å². The highest BCUT2D eigenvalue weighted by atomic mass is 32.1. The van der Waals surface area contributed by atoms with Crippen molar-refractivity contribution in [3.05, 3.63) is 16.8 Å². The second kappa shape index (κ2) is 5.52. The summed E-state index contributed by atoms with van der Waals surface area (Å²) < 4.78 is 5.06. The minimum Gasteiger partial charge on any atom is -0.462 e. The average Bonchev–Trinajstić information content (AvgIpc) is 2.68. The van der Waals surface area contributed by atoms with Gasteiger partial charge in [-0.15, -0.1) is 11.3 Å². The summed E-state index contributed by atoms with van der Waals surface area (Å²) in [6, 6.07) is 0.267. The van der Waals surface area contributed by atoms with E-state index in [2.05, 4.69) is 15.3 Å². The lowest BCUT2D eigenvalue weighted by Gasteiger charge is -2.09. The van der Waals surface area contributed by atoms with Gasteiger partial charge in [0.1, 0.15) is 21.9 Å². The summed E-state index contributed by atoms with van der Waals surface area (Å²) in [7, 11) is 0. The highest BCUT2D eigenvalue weighted by Crippen LogP contribution is 2.33. The SMILES string of the molecule is CCOC(=O)c1sc2ncnc(NC(C)C)c2c1C. The summed E-state index contributed by atoms with van der Waals surface area (Å²) in [5, 5.41) is 4.18. The number of nitrogens with one attached hydrogen (secondary N) is 1. The molecule has 102 valence electrons. The van der Waals surface area contributed by atoms with Crippen LogP contribution in [0, 0.1) is 6.92 Å². The van der Waals surface area contributed by atoms with E-state index in [-0.39, 0.29) is 12.0 Å². The number of carbonyl (C=O) groups excluding carboxylic acids is 1. The van der Waals surface area contributed by atoms with Crippen molar-refractivity contribution in [1.29, 1.82) is 0 Å². The average molecular weight is 279 g/mol. The van der Waals surface area contributed by atoms with Crippen LogP contribution in [0.2, 0.25) is 0 Å². The highest BCUT2D eigenvalue weighted by Gasteiger charge is 2.20. The number of aryl methyl sites for hydroxylation is 1. The van der Waals surface area contributed by atoms with Gasteiger partial charge in [-0.05, 0) is 33.3 Å². The molecule has 2 heterocycles. The number of fused-ring (bicyclic) bond motifs is 1. The summed E-state index contributed by atoms with van der Waals surface area (Å²) in [4.78, 5) is 21.8. The number of nitrogens with zero attached hydrogens (tertiary/aromatic N) is 2. The zero-order chi connectivity index (χ0) is 14.0. The molecule has 2 aromatic rings. The summed E-state index contributed by atoms with van der Waals surface area (Å²) in [6.45, 7) is 8.16. The Kier molecular flexibility index (Phi) is 3.99. The van der Waals surface area contributed by atoms with Gasteiger partial charge in [0.25, 0.3) is 0 Å². The van der Waals surface area contributed by atoms with Crippen LogP contribution in [0.3, 0.4) is 0 Å². The van der Waals surface area contributed by atoms with E-state index in [1.165, 1.54) is 17.7 Å². The number of hydrogen-bond acceptors (Lipinski definition) is 6. The quantitative estimate of drug-likeness (QED) is 0.872. The Labute approximate surface area is 116 Å². The normalized spacial score (nSPS) is 11.0. The van der Waals surface area contributed by atoms with Crippen LogP contribution in [-0.4, -0.2) is 28.6 Å². The van der Waals surface area contributed by atoms with Crippen molar-refractivity contribution in [2.75, 3.05) is 11.9 Å². The third-order valence-corrected chi connectivity index (χ3v) is 3.79. The molecule has 6 heteroatoms. The molecule has 0 amide bonds. The van der Waals surface area contributed by atoms with Crippen molar-refractivity contribution in [2.24, 2.45) is 0 Å². The summed E-state index contributed by atoms with van der Waals surface area (Å²) in [5.41, 5.74) is 0.877. The van der Waals surface area contributed by atoms with Crippen molar-refractivity contribution in [1.82, 2.24) is 9.97 Å². The highest BCUT2D eigenvalue weighted by molar-refractivity contribution is 7.20. The molecule has 19 heavy (non-hydrogen) atoms. The van der Waals surface area contributed by atoms with Crippen LogP contribution in [0.15, 0.2) is 6.33 Å². The number of esters is 1. The molecule has 0 saturated carbocycles. The molecule has 1 N–H and O–H groups in total. The third-order valence-electron chi connectivity index (χ3n) is 2.61. The van der Waals surface area contributed by atoms with Crippen molar-refractivity contribution in [3.63, 3.8) is 0 Å². The number of rotatable bonds is 4. The molecule has 0 aromatic carbocycles. The van der Waals surface area contributed by atoms with Crippen molar-refractivity contribution >= 4 is 33.3 Å². The van der Waals surface area contributed by atoms with Crippen LogP contribution in [0.4, 0.5) is 5.82 Å². The number of anilines is 1. The van der Waals surface area contributed by atoms with Crippen LogP contribution in [-0.2, 0) is 4.74 Å². The lowest BCUT2D eigenvalue weighted by molar-refractivity contribution is 0.0531. The summed E-state index contributed by atoms with van der Waals surface area (Å²) in [5.74, 6) is 0.475. The summed E-state index contributed by atoms with van der Waals surface area (Å²) >= 11 is 1.35. The van der Waals surface area contributed by atoms with Gasteiger partial charge in [-0.1, -0.05) is 0 Å². The third kappa shape index (κ3) is 2.68. The van der Waals surface area contributed by atoms with Gasteiger partial charge in [0, 0.05) is 6.04 Å². The van der Waals surface area contributed by atoms with Crippen LogP contribution in [0.25, 0.3) is 10.2 Å². The molecule has 0 saturated heterocycles. The van der Waals surface area contributed by atoms with Crippen LogP contribution < -0.4 is 5.32 Å². The first-order chi connectivity index (χ1) is 9.04. The van der Waals surface area contributed by atoms with Gasteiger partial charge in [0.05, 0.1) is 12.0 Å². The summed E-state index contributed by atoms with van der Waals surface area (Å²) in [6.07, 6.45) is 1.51. The van der Waals surface area contributed by atoms with E-state index in [0.29, 0.717) is 11.5 Å². The molecule has 0 aliphatic heterocycles. The van der Waals surface area contributed by atoms with E-state index in [1.807, 2.05) is 20.8 Å². The fraction of sp³-hybridized carbons (Fsp3) is 0.462. The van der Waals surface area contributed by atoms with Gasteiger partial charge in [0.2, 0.25) is 0 Å².